The van der Waals surface area contributed by atoms with Gasteiger partial charge in [-0.3, -0.25) is 0 Å². The second-order valence-electron chi connectivity index (χ2n) is 2.17. The Morgan fingerprint density at radius 1 is 1.44 bits per heavy atom. The van der Waals surface area contributed by atoms with E-state index >= 15 is 0 Å². The summed E-state index contributed by atoms with van der Waals surface area (Å²) in [4.78, 5) is 0. The fourth-order valence-electron chi connectivity index (χ4n) is 0.673. The second-order valence-corrected chi connectivity index (χ2v) is 2.17. The number of allylic oxidation sites excluding steroid dienone is 1. The molecule has 0 aromatic heterocycles. The molecule has 0 spiro atoms. The van der Waals surface area contributed by atoms with Crippen molar-refractivity contribution in [2.75, 3.05) is 6.61 Å². The van der Waals surface area contributed by atoms with Gasteiger partial charge in [0.1, 0.15) is 0 Å². The fourth-order valence-corrected chi connectivity index (χ4v) is 0.673. The molecule has 0 aromatic carbocycles. The molecule has 0 N–H and O–H groups in total. The first kappa shape index (κ1) is 6.52. The summed E-state index contributed by atoms with van der Waals surface area (Å²) >= 11 is 0. The highest BCUT2D eigenvalue weighted by molar-refractivity contribution is 5.17. The molecular weight excluding hydrogens is 126 g/mol. The monoisotopic (exact) mass is 134 g/mol. The van der Waals surface area contributed by atoms with Crippen LogP contribution in [0, 0.1) is 0 Å². The molecule has 1 rings (SSSR count). The Hall–Kier alpha value is -0.600. The van der Waals surface area contributed by atoms with Gasteiger partial charge in [-0.05, 0) is 13.8 Å². The number of ether oxygens (including phenoxy) is 1. The van der Waals surface area contributed by atoms with E-state index in [1.54, 1.807) is 6.92 Å². The van der Waals surface area contributed by atoms with Crippen LogP contribution in [0.4, 0.5) is 8.78 Å². The maximum Gasteiger partial charge on any atom is 0.305 e. The van der Waals surface area contributed by atoms with E-state index in [0.717, 1.165) is 0 Å². The summed E-state index contributed by atoms with van der Waals surface area (Å²) in [6, 6.07) is 0. The minimum Gasteiger partial charge on any atom is -0.491 e. The Kier molecular flexibility index (Phi) is 1.22. The van der Waals surface area contributed by atoms with Gasteiger partial charge in [0.15, 0.2) is 6.61 Å². The third-order valence-corrected chi connectivity index (χ3v) is 1.55. The summed E-state index contributed by atoms with van der Waals surface area (Å²) in [7, 11) is 0. The first-order valence-corrected chi connectivity index (χ1v) is 2.72. The maximum absolute atomic E-state index is 12.4. The van der Waals surface area contributed by atoms with E-state index < -0.39 is 12.5 Å². The third kappa shape index (κ3) is 0.910. The minimum atomic E-state index is -2.72. The Morgan fingerprint density at radius 2 is 2.00 bits per heavy atom. The number of hydrogen-bond donors (Lipinski definition) is 0. The molecule has 9 heavy (non-hydrogen) atoms. The van der Waals surface area contributed by atoms with Crippen LogP contribution in [0.5, 0.6) is 0 Å². The molecule has 1 nitrogen and oxygen atoms in total. The zero-order valence-electron chi connectivity index (χ0n) is 5.37. The summed E-state index contributed by atoms with van der Waals surface area (Å²) < 4.78 is 29.4. The molecule has 0 aliphatic carbocycles. The normalized spacial score (nSPS) is 24.4. The van der Waals surface area contributed by atoms with E-state index in [0.29, 0.717) is 5.76 Å². The van der Waals surface area contributed by atoms with Crippen molar-refractivity contribution < 1.29 is 13.5 Å². The lowest BCUT2D eigenvalue weighted by molar-refractivity contribution is 0.00373. The van der Waals surface area contributed by atoms with Crippen LogP contribution in [0.2, 0.25) is 0 Å². The summed E-state index contributed by atoms with van der Waals surface area (Å²) in [6.07, 6.45) is 0. The molecule has 1 aliphatic heterocycles. The molecular formula is C6H8F2O. The number of rotatable bonds is 0. The third-order valence-electron chi connectivity index (χ3n) is 1.55. The van der Waals surface area contributed by atoms with Gasteiger partial charge in [0.25, 0.3) is 0 Å². The van der Waals surface area contributed by atoms with Crippen LogP contribution in [0.25, 0.3) is 0 Å². The van der Waals surface area contributed by atoms with Crippen LogP contribution in [0.15, 0.2) is 11.3 Å². The molecule has 0 unspecified atom stereocenters. The van der Waals surface area contributed by atoms with E-state index in [9.17, 15) is 8.78 Å². The second kappa shape index (κ2) is 1.69. The summed E-state index contributed by atoms with van der Waals surface area (Å²) in [5.74, 6) is -2.36. The van der Waals surface area contributed by atoms with Gasteiger partial charge in [0, 0.05) is 5.57 Å². The predicted octanol–water partition coefficient (Wildman–Crippen LogP) is 1.95. The molecule has 0 amide bonds. The standard InChI is InChI=1S/C6H8F2O/c1-4-5(2)9-3-6(4,7)8/h3H2,1-2H3. The van der Waals surface area contributed by atoms with E-state index in [-0.39, 0.29) is 5.57 Å². The summed E-state index contributed by atoms with van der Waals surface area (Å²) in [5, 5.41) is 0. The van der Waals surface area contributed by atoms with Gasteiger partial charge in [-0.1, -0.05) is 0 Å². The summed E-state index contributed by atoms with van der Waals surface area (Å²) in [5.41, 5.74) is 0.0579. The highest BCUT2D eigenvalue weighted by Gasteiger charge is 2.39. The highest BCUT2D eigenvalue weighted by atomic mass is 19.3. The zero-order chi connectivity index (χ0) is 7.07. The lowest BCUT2D eigenvalue weighted by Crippen LogP contribution is -2.17. The molecule has 1 heterocycles. The van der Waals surface area contributed by atoms with E-state index in [4.69, 9.17) is 0 Å². The average molecular weight is 134 g/mol. The zero-order valence-corrected chi connectivity index (χ0v) is 5.37. The lowest BCUT2D eigenvalue weighted by Gasteiger charge is -2.05. The Labute approximate surface area is 52.3 Å². The van der Waals surface area contributed by atoms with Crippen LogP contribution in [-0.4, -0.2) is 12.5 Å². The van der Waals surface area contributed by atoms with Crippen molar-refractivity contribution in [3.8, 4) is 0 Å². The van der Waals surface area contributed by atoms with Crippen LogP contribution in [0.3, 0.4) is 0 Å². The molecule has 0 bridgehead atoms. The Balaban J connectivity index is 2.88. The van der Waals surface area contributed by atoms with Gasteiger partial charge in [0.05, 0.1) is 5.76 Å². The Bertz CT molecular complexity index is 160. The summed E-state index contributed by atoms with van der Waals surface area (Å²) in [6.45, 7) is 2.46. The number of halogens is 2. The molecule has 0 aromatic rings. The van der Waals surface area contributed by atoms with Gasteiger partial charge in [-0.15, -0.1) is 0 Å². The van der Waals surface area contributed by atoms with Gasteiger partial charge in [-0.25, -0.2) is 0 Å². The molecule has 0 fully saturated rings. The van der Waals surface area contributed by atoms with Gasteiger partial charge < -0.3 is 4.74 Å². The number of hydrogen-bond acceptors (Lipinski definition) is 1. The van der Waals surface area contributed by atoms with Gasteiger partial charge >= 0.3 is 5.92 Å². The first-order valence-electron chi connectivity index (χ1n) is 2.72. The van der Waals surface area contributed by atoms with E-state index in [2.05, 4.69) is 4.74 Å². The molecule has 0 atom stereocenters. The van der Waals surface area contributed by atoms with Crippen LogP contribution in [-0.2, 0) is 4.74 Å². The van der Waals surface area contributed by atoms with Crippen molar-refractivity contribution in [3.63, 3.8) is 0 Å². The molecule has 0 saturated heterocycles. The van der Waals surface area contributed by atoms with Crippen molar-refractivity contribution in [2.45, 2.75) is 19.8 Å². The SMILES string of the molecule is CC1=C(C)C(F)(F)CO1. The molecule has 3 heteroatoms. The quantitative estimate of drug-likeness (QED) is 0.492. The minimum absolute atomic E-state index is 0.0579. The van der Waals surface area contributed by atoms with Gasteiger partial charge in [-0.2, -0.15) is 8.78 Å². The topological polar surface area (TPSA) is 9.23 Å². The molecule has 0 radical (unpaired) electrons. The van der Waals surface area contributed by atoms with Crippen molar-refractivity contribution in [1.82, 2.24) is 0 Å². The molecule has 1 aliphatic rings. The number of alkyl halides is 2. The van der Waals surface area contributed by atoms with Crippen LogP contribution in [0.1, 0.15) is 13.8 Å². The average Bonchev–Trinajstić information content (AvgIpc) is 1.97. The first-order chi connectivity index (χ1) is 4.04. The Morgan fingerprint density at radius 3 is 2.11 bits per heavy atom. The molecule has 52 valence electrons. The van der Waals surface area contributed by atoms with Crippen molar-refractivity contribution in [3.05, 3.63) is 11.3 Å². The lowest BCUT2D eigenvalue weighted by atomic mass is 10.2. The van der Waals surface area contributed by atoms with Crippen LogP contribution >= 0.6 is 0 Å². The maximum atomic E-state index is 12.4. The van der Waals surface area contributed by atoms with Crippen molar-refractivity contribution >= 4 is 0 Å². The fraction of sp³-hybridized carbons (Fsp3) is 0.667. The van der Waals surface area contributed by atoms with Crippen molar-refractivity contribution in [1.29, 1.82) is 0 Å². The van der Waals surface area contributed by atoms with Crippen molar-refractivity contribution in [2.24, 2.45) is 0 Å². The smallest absolute Gasteiger partial charge is 0.305 e. The van der Waals surface area contributed by atoms with E-state index in [1.807, 2.05) is 0 Å². The van der Waals surface area contributed by atoms with E-state index in [1.165, 1.54) is 6.92 Å². The molecule has 0 saturated carbocycles. The highest BCUT2D eigenvalue weighted by Crippen LogP contribution is 2.33. The van der Waals surface area contributed by atoms with Gasteiger partial charge in [0.2, 0.25) is 0 Å². The van der Waals surface area contributed by atoms with Crippen LogP contribution < -0.4 is 0 Å². The largest absolute Gasteiger partial charge is 0.491 e. The predicted molar refractivity (Wildman–Crippen MR) is 29.3 cm³/mol.